The number of amides is 1. The fourth-order valence-corrected chi connectivity index (χ4v) is 4.65. The topological polar surface area (TPSA) is 47.4 Å². The molecule has 1 atom stereocenters. The number of hydrogen-bond donors (Lipinski definition) is 0. The molecule has 2 heterocycles. The lowest BCUT2D eigenvalue weighted by molar-refractivity contribution is -0.117. The maximum absolute atomic E-state index is 13.0. The lowest BCUT2D eigenvalue weighted by Gasteiger charge is -2.19. The van der Waals surface area contributed by atoms with Gasteiger partial charge in [-0.1, -0.05) is 36.4 Å². The van der Waals surface area contributed by atoms with Gasteiger partial charge in [-0.15, -0.1) is 0 Å². The highest BCUT2D eigenvalue weighted by atomic mass is 16.5. The molecule has 1 amide bonds. The molecule has 5 heteroatoms. The van der Waals surface area contributed by atoms with Gasteiger partial charge in [-0.2, -0.15) is 0 Å². The minimum atomic E-state index is 0.0486. The summed E-state index contributed by atoms with van der Waals surface area (Å²) in [6, 6.07) is 24.3. The van der Waals surface area contributed by atoms with Crippen LogP contribution in [0.4, 0.5) is 5.69 Å². The van der Waals surface area contributed by atoms with Crippen molar-refractivity contribution in [3.05, 3.63) is 89.7 Å². The normalized spacial score (nSPS) is 16.1. The highest BCUT2D eigenvalue weighted by Gasteiger charge is 2.35. The lowest BCUT2D eigenvalue weighted by Crippen LogP contribution is -2.25. The monoisotopic (exact) mass is 425 g/mol. The molecule has 0 saturated carbocycles. The van der Waals surface area contributed by atoms with E-state index in [1.165, 1.54) is 11.1 Å². The molecule has 0 bridgehead atoms. The number of carbonyl (C=O) groups is 1. The zero-order valence-electron chi connectivity index (χ0n) is 18.5. The van der Waals surface area contributed by atoms with E-state index in [1.807, 2.05) is 53.4 Å². The maximum Gasteiger partial charge on any atom is 0.227 e. The Morgan fingerprint density at radius 1 is 0.969 bits per heavy atom. The van der Waals surface area contributed by atoms with Crippen LogP contribution in [0.2, 0.25) is 0 Å². The van der Waals surface area contributed by atoms with Crippen LogP contribution in [0.5, 0.6) is 5.75 Å². The molecule has 3 aromatic carbocycles. The van der Waals surface area contributed by atoms with Gasteiger partial charge in [-0.25, -0.2) is 4.98 Å². The van der Waals surface area contributed by atoms with Crippen molar-refractivity contribution in [3.8, 4) is 5.75 Å². The molecule has 162 valence electrons. The van der Waals surface area contributed by atoms with Gasteiger partial charge in [0.15, 0.2) is 0 Å². The summed E-state index contributed by atoms with van der Waals surface area (Å²) in [5.41, 5.74) is 5.35. The summed E-state index contributed by atoms with van der Waals surface area (Å²) in [7, 11) is 0. The molecular weight excluding hydrogens is 398 g/mol. The van der Waals surface area contributed by atoms with Gasteiger partial charge >= 0.3 is 0 Å². The number of imidazole rings is 1. The van der Waals surface area contributed by atoms with Gasteiger partial charge in [0.1, 0.15) is 18.2 Å². The van der Waals surface area contributed by atoms with Crippen molar-refractivity contribution in [2.75, 3.05) is 18.1 Å². The first-order valence-corrected chi connectivity index (χ1v) is 11.1. The van der Waals surface area contributed by atoms with E-state index in [2.05, 4.69) is 42.7 Å². The van der Waals surface area contributed by atoms with Crippen molar-refractivity contribution in [2.24, 2.45) is 0 Å². The second-order valence-corrected chi connectivity index (χ2v) is 8.52. The second-order valence-electron chi connectivity index (χ2n) is 8.52. The van der Waals surface area contributed by atoms with Crippen LogP contribution in [-0.4, -0.2) is 28.6 Å². The Kier molecular flexibility index (Phi) is 5.39. The van der Waals surface area contributed by atoms with Crippen molar-refractivity contribution in [3.63, 3.8) is 0 Å². The molecule has 0 aliphatic carbocycles. The summed E-state index contributed by atoms with van der Waals surface area (Å²) in [6.07, 6.45) is 0.468. The minimum absolute atomic E-state index is 0.0486. The predicted octanol–water partition coefficient (Wildman–Crippen LogP) is 5.25. The van der Waals surface area contributed by atoms with Gasteiger partial charge in [-0.3, -0.25) is 4.79 Å². The molecule has 1 aliphatic heterocycles. The molecule has 32 heavy (non-hydrogen) atoms. The van der Waals surface area contributed by atoms with Crippen molar-refractivity contribution in [1.82, 2.24) is 9.55 Å². The van der Waals surface area contributed by atoms with Crippen molar-refractivity contribution in [2.45, 2.75) is 32.7 Å². The third-order valence-corrected chi connectivity index (χ3v) is 6.02. The average molecular weight is 426 g/mol. The summed E-state index contributed by atoms with van der Waals surface area (Å²) in [5, 5.41) is 0. The van der Waals surface area contributed by atoms with Crippen LogP contribution in [0, 0.1) is 13.8 Å². The quantitative estimate of drug-likeness (QED) is 0.424. The van der Waals surface area contributed by atoms with Crippen molar-refractivity contribution < 1.29 is 9.53 Å². The number of aryl methyl sites for hydroxylation is 2. The Labute approximate surface area is 188 Å². The summed E-state index contributed by atoms with van der Waals surface area (Å²) in [6.45, 7) is 6.00. The first-order chi connectivity index (χ1) is 15.6. The number of para-hydroxylation sites is 3. The summed E-state index contributed by atoms with van der Waals surface area (Å²) < 4.78 is 8.18. The molecule has 0 radical (unpaired) electrons. The molecule has 0 N–H and O–H groups in total. The molecule has 1 fully saturated rings. The van der Waals surface area contributed by atoms with Crippen molar-refractivity contribution in [1.29, 1.82) is 0 Å². The number of aromatic nitrogens is 2. The number of rotatable bonds is 6. The fourth-order valence-electron chi connectivity index (χ4n) is 4.65. The third kappa shape index (κ3) is 3.98. The third-order valence-electron chi connectivity index (χ3n) is 6.02. The summed E-state index contributed by atoms with van der Waals surface area (Å²) in [5.74, 6) is 2.02. The summed E-state index contributed by atoms with van der Waals surface area (Å²) >= 11 is 0. The maximum atomic E-state index is 13.0. The smallest absolute Gasteiger partial charge is 0.227 e. The zero-order valence-corrected chi connectivity index (χ0v) is 18.5. The van der Waals surface area contributed by atoms with Gasteiger partial charge in [0.05, 0.1) is 17.6 Å². The van der Waals surface area contributed by atoms with E-state index >= 15 is 0 Å². The van der Waals surface area contributed by atoms with Crippen LogP contribution in [-0.2, 0) is 11.3 Å². The molecule has 4 aromatic rings. The Balaban J connectivity index is 1.42. The van der Waals surface area contributed by atoms with E-state index < -0.39 is 0 Å². The van der Waals surface area contributed by atoms with Crippen LogP contribution >= 0.6 is 0 Å². The number of hydrogen-bond acceptors (Lipinski definition) is 3. The fraction of sp³-hybridized carbons (Fsp3) is 0.259. The molecule has 5 rings (SSSR count). The van der Waals surface area contributed by atoms with E-state index in [9.17, 15) is 4.79 Å². The molecule has 5 nitrogen and oxygen atoms in total. The molecule has 1 saturated heterocycles. The Hall–Kier alpha value is -3.60. The lowest BCUT2D eigenvalue weighted by atomic mass is 10.1. The van der Waals surface area contributed by atoms with Gasteiger partial charge in [0, 0.05) is 24.6 Å². The van der Waals surface area contributed by atoms with Crippen LogP contribution in [0.1, 0.15) is 29.3 Å². The number of anilines is 1. The second kappa shape index (κ2) is 8.50. The predicted molar refractivity (Wildman–Crippen MR) is 127 cm³/mol. The van der Waals surface area contributed by atoms with Crippen LogP contribution < -0.4 is 9.64 Å². The van der Waals surface area contributed by atoms with E-state index in [0.717, 1.165) is 28.3 Å². The SMILES string of the molecule is Cc1cc(C)cc(N2C[C@H](c3nc4ccccc4n3CCOc3ccccc3)CC2=O)c1. The first-order valence-electron chi connectivity index (χ1n) is 11.1. The van der Waals surface area contributed by atoms with Crippen LogP contribution in [0.15, 0.2) is 72.8 Å². The van der Waals surface area contributed by atoms with E-state index in [-0.39, 0.29) is 11.8 Å². The van der Waals surface area contributed by atoms with E-state index in [1.54, 1.807) is 0 Å². The van der Waals surface area contributed by atoms with Crippen molar-refractivity contribution >= 4 is 22.6 Å². The molecule has 1 aromatic heterocycles. The Morgan fingerprint density at radius 3 is 2.47 bits per heavy atom. The van der Waals surface area contributed by atoms with Gasteiger partial charge in [0.2, 0.25) is 5.91 Å². The highest BCUT2D eigenvalue weighted by molar-refractivity contribution is 5.96. The highest BCUT2D eigenvalue weighted by Crippen LogP contribution is 2.34. The van der Waals surface area contributed by atoms with Gasteiger partial charge in [0.25, 0.3) is 0 Å². The zero-order chi connectivity index (χ0) is 22.1. The van der Waals surface area contributed by atoms with Crippen LogP contribution in [0.3, 0.4) is 0 Å². The molecule has 1 aliphatic rings. The van der Waals surface area contributed by atoms with E-state index in [4.69, 9.17) is 9.72 Å². The summed E-state index contributed by atoms with van der Waals surface area (Å²) in [4.78, 5) is 19.8. The van der Waals surface area contributed by atoms with Crippen LogP contribution in [0.25, 0.3) is 11.0 Å². The number of nitrogens with zero attached hydrogens (tertiary/aromatic N) is 3. The number of carbonyl (C=O) groups excluding carboxylic acids is 1. The number of fused-ring (bicyclic) bond motifs is 1. The number of benzene rings is 3. The molecule has 0 spiro atoms. The van der Waals surface area contributed by atoms with Gasteiger partial charge < -0.3 is 14.2 Å². The average Bonchev–Trinajstić information content (AvgIpc) is 3.34. The largest absolute Gasteiger partial charge is 0.492 e. The number of ether oxygens (including phenoxy) is 1. The van der Waals surface area contributed by atoms with E-state index in [0.29, 0.717) is 26.1 Å². The Morgan fingerprint density at radius 2 is 1.69 bits per heavy atom. The standard InChI is InChI=1S/C27H27N3O2/c1-19-14-20(2)16-22(15-19)30-18-21(17-26(30)31)27-28-24-10-6-7-11-25(24)29(27)12-13-32-23-8-4-3-5-9-23/h3-11,14-16,21H,12-13,17-18H2,1-2H3/t21-/m1/s1. The minimum Gasteiger partial charge on any atom is -0.492 e. The first kappa shape index (κ1) is 20.3. The van der Waals surface area contributed by atoms with Gasteiger partial charge in [-0.05, 0) is 61.4 Å². The Bertz CT molecular complexity index is 1240. The molecule has 0 unspecified atom stereocenters. The molecular formula is C27H27N3O2.